The quantitative estimate of drug-likeness (QED) is 0.0991. The summed E-state index contributed by atoms with van der Waals surface area (Å²) in [6.45, 7) is 13.5. The fraction of sp³-hybridized carbons (Fsp3) is 0.388. The average Bonchev–Trinajstić information content (AvgIpc) is 3.21. The molecule has 4 aromatic rings. The molecule has 0 spiro atoms. The van der Waals surface area contributed by atoms with Gasteiger partial charge in [-0.25, -0.2) is 31.9 Å². The molecule has 1 fully saturated rings. The van der Waals surface area contributed by atoms with Crippen LogP contribution in [0.2, 0.25) is 0 Å². The largest absolute Gasteiger partial charge is 0.447 e. The number of hydrogen-bond acceptors (Lipinski definition) is 8. The summed E-state index contributed by atoms with van der Waals surface area (Å²) in [7, 11) is 0. The molecule has 16 heteroatoms. The minimum absolute atomic E-state index is 0.0992. The van der Waals surface area contributed by atoms with Crippen molar-refractivity contribution >= 4 is 36.0 Å². The highest BCUT2D eigenvalue weighted by Gasteiger charge is 2.40. The number of primary amides is 1. The summed E-state index contributed by atoms with van der Waals surface area (Å²) in [5.74, 6) is -1.75. The number of carbonyl (C=O) groups excluding carboxylic acids is 4. The van der Waals surface area contributed by atoms with Gasteiger partial charge in [-0.2, -0.15) is 0 Å². The maximum absolute atomic E-state index is 14.8. The first-order valence-electron chi connectivity index (χ1n) is 21.0. The van der Waals surface area contributed by atoms with Gasteiger partial charge in [-0.1, -0.05) is 54.6 Å². The van der Waals surface area contributed by atoms with Gasteiger partial charge in [-0.3, -0.25) is 9.69 Å². The summed E-state index contributed by atoms with van der Waals surface area (Å²) in [5.41, 5.74) is 7.18. The Morgan fingerprint density at radius 2 is 1.34 bits per heavy atom. The normalized spacial score (nSPS) is 15.9. The van der Waals surface area contributed by atoms with E-state index >= 15 is 0 Å². The number of nitrogens with one attached hydrogen (secondary N) is 2. The van der Waals surface area contributed by atoms with Gasteiger partial charge in [0.1, 0.15) is 47.6 Å². The molecule has 0 radical (unpaired) electrons. The van der Waals surface area contributed by atoms with Crippen LogP contribution in [0.15, 0.2) is 97.1 Å². The molecular formula is C49H60F4N4O8. The average molecular weight is 909 g/mol. The van der Waals surface area contributed by atoms with Crippen LogP contribution >= 0.6 is 0 Å². The molecule has 0 unspecified atom stereocenters. The summed E-state index contributed by atoms with van der Waals surface area (Å²) in [4.78, 5) is 49.9. The molecule has 4 N–H and O–H groups in total. The summed E-state index contributed by atoms with van der Waals surface area (Å²) in [6, 6.07) is 22.7. The highest BCUT2D eigenvalue weighted by atomic mass is 19.1. The molecule has 3 atom stereocenters. The van der Waals surface area contributed by atoms with Gasteiger partial charge in [0.05, 0.1) is 24.8 Å². The second-order valence-corrected chi connectivity index (χ2v) is 17.0. The van der Waals surface area contributed by atoms with Crippen molar-refractivity contribution in [3.05, 3.63) is 143 Å². The molecule has 0 bridgehead atoms. The summed E-state index contributed by atoms with van der Waals surface area (Å²) >= 11 is 0. The van der Waals surface area contributed by atoms with Crippen molar-refractivity contribution in [1.29, 1.82) is 0 Å². The molecule has 5 rings (SSSR count). The maximum atomic E-state index is 14.8. The number of nitrogens with two attached hydrogens (primary N) is 1. The van der Waals surface area contributed by atoms with Crippen LogP contribution in [0, 0.1) is 23.3 Å². The van der Waals surface area contributed by atoms with Gasteiger partial charge in [0.2, 0.25) is 5.91 Å². The summed E-state index contributed by atoms with van der Waals surface area (Å²) < 4.78 is 74.1. The van der Waals surface area contributed by atoms with E-state index in [1.165, 1.54) is 53.4 Å². The minimum atomic E-state index is -0.978. The van der Waals surface area contributed by atoms with Crippen LogP contribution in [0.5, 0.6) is 0 Å². The van der Waals surface area contributed by atoms with Crippen LogP contribution in [0.3, 0.4) is 0 Å². The van der Waals surface area contributed by atoms with Gasteiger partial charge in [0.15, 0.2) is 0 Å². The lowest BCUT2D eigenvalue weighted by molar-refractivity contribution is -0.122. The lowest BCUT2D eigenvalue weighted by Gasteiger charge is -2.43. The number of ether oxygens (including phenoxy) is 4. The third kappa shape index (κ3) is 20.3. The number of anilines is 1. The Balaban J connectivity index is 0.000000359. The molecule has 1 aliphatic heterocycles. The number of rotatable bonds is 11. The van der Waals surface area contributed by atoms with E-state index in [1.54, 1.807) is 90.9 Å². The molecule has 4 aromatic carbocycles. The van der Waals surface area contributed by atoms with Crippen molar-refractivity contribution in [2.75, 3.05) is 25.0 Å². The monoisotopic (exact) mass is 908 g/mol. The number of carbonyl (C=O) groups is 4. The molecule has 65 heavy (non-hydrogen) atoms. The zero-order valence-electron chi connectivity index (χ0n) is 38.1. The third-order valence-electron chi connectivity index (χ3n) is 9.14. The van der Waals surface area contributed by atoms with Gasteiger partial charge in [-0.15, -0.1) is 0 Å². The van der Waals surface area contributed by atoms with Crippen LogP contribution in [0.25, 0.3) is 6.08 Å². The SMILES string of the molecule is C/C=C\c1ccc(F)cc1.C[C@@H]1O[C@H](CCc2c(F)cccc2NC(=O)CNC(=O)OC(C)(C)C)CN(C(=O)OC(C)(C)C)[C@@H]1COC(N)=O.Fc1ccc(Cc2ccc(F)cc2)cc1. The number of benzene rings is 4. The van der Waals surface area contributed by atoms with Crippen molar-refractivity contribution in [2.45, 2.75) is 104 Å². The smallest absolute Gasteiger partial charge is 0.410 e. The Bertz CT molecular complexity index is 2130. The molecule has 1 heterocycles. The number of hydrogen-bond donors (Lipinski definition) is 3. The Morgan fingerprint density at radius 1 is 0.800 bits per heavy atom. The standard InChI is InChI=1S/C27H41FN4O8.C13H10F2.C9H9F/c1-16-21(15-37-23(29)34)32(25(36)40-27(5,6)7)14-17(38-16)11-12-18-19(28)9-8-10-20(18)31-22(33)13-30-24(35)39-26(2,3)4;14-12-5-1-10(2-6-12)9-11-3-7-13(15)8-4-11;1-2-3-8-4-6-9(10)7-5-8/h8-10,16-17,21H,11-15H2,1-7H3,(H2,29,34)(H,30,35)(H,31,33);1-8H,9H2;2-7H,1H3/b;;3-2-/t16-,17+,21+;;/m0../s1. The van der Waals surface area contributed by atoms with Crippen molar-refractivity contribution in [2.24, 2.45) is 5.73 Å². The summed E-state index contributed by atoms with van der Waals surface area (Å²) in [6.07, 6.45) is 1.62. The molecule has 0 aliphatic carbocycles. The van der Waals surface area contributed by atoms with E-state index in [-0.39, 0.29) is 54.8 Å². The highest BCUT2D eigenvalue weighted by molar-refractivity contribution is 5.94. The molecule has 1 saturated heterocycles. The molecule has 352 valence electrons. The second kappa shape index (κ2) is 25.2. The number of morpholine rings is 1. The Kier molecular flexibility index (Phi) is 20.5. The number of amides is 4. The number of allylic oxidation sites excluding steroid dienone is 1. The number of halogens is 4. The van der Waals surface area contributed by atoms with E-state index in [9.17, 15) is 36.7 Å². The van der Waals surface area contributed by atoms with E-state index in [1.807, 2.05) is 19.1 Å². The van der Waals surface area contributed by atoms with Crippen LogP contribution < -0.4 is 16.4 Å². The van der Waals surface area contributed by atoms with Crippen molar-refractivity contribution in [3.63, 3.8) is 0 Å². The minimum Gasteiger partial charge on any atom is -0.447 e. The van der Waals surface area contributed by atoms with E-state index in [2.05, 4.69) is 10.6 Å². The third-order valence-corrected chi connectivity index (χ3v) is 9.14. The topological polar surface area (TPSA) is 159 Å². The van der Waals surface area contributed by atoms with E-state index in [0.29, 0.717) is 12.8 Å². The van der Waals surface area contributed by atoms with E-state index in [4.69, 9.17) is 24.7 Å². The van der Waals surface area contributed by atoms with Gasteiger partial charge >= 0.3 is 18.3 Å². The van der Waals surface area contributed by atoms with Gasteiger partial charge < -0.3 is 35.3 Å². The van der Waals surface area contributed by atoms with E-state index in [0.717, 1.165) is 16.7 Å². The van der Waals surface area contributed by atoms with Gasteiger partial charge in [0.25, 0.3) is 0 Å². The van der Waals surface area contributed by atoms with Crippen LogP contribution in [0.1, 0.15) is 84.1 Å². The predicted octanol–water partition coefficient (Wildman–Crippen LogP) is 10.1. The molecular weight excluding hydrogens is 849 g/mol. The zero-order chi connectivity index (χ0) is 48.3. The van der Waals surface area contributed by atoms with Crippen molar-refractivity contribution in [3.8, 4) is 0 Å². The molecule has 0 aromatic heterocycles. The first kappa shape index (κ1) is 52.9. The first-order chi connectivity index (χ1) is 30.5. The molecule has 0 saturated carbocycles. The summed E-state index contributed by atoms with van der Waals surface area (Å²) in [5, 5.41) is 4.98. The van der Waals surface area contributed by atoms with Crippen molar-refractivity contribution < 1.29 is 55.7 Å². The van der Waals surface area contributed by atoms with Crippen LogP contribution in [-0.4, -0.2) is 78.2 Å². The van der Waals surface area contributed by atoms with Gasteiger partial charge in [0, 0.05) is 11.3 Å². The Labute approximate surface area is 378 Å². The molecule has 4 amide bonds. The maximum Gasteiger partial charge on any atom is 0.410 e. The fourth-order valence-electron chi connectivity index (χ4n) is 6.23. The highest BCUT2D eigenvalue weighted by Crippen LogP contribution is 2.27. The first-order valence-corrected chi connectivity index (χ1v) is 21.0. The second-order valence-electron chi connectivity index (χ2n) is 17.0. The fourth-order valence-corrected chi connectivity index (χ4v) is 6.23. The zero-order valence-corrected chi connectivity index (χ0v) is 38.1. The lowest BCUT2D eigenvalue weighted by atomic mass is 10.0. The molecule has 12 nitrogen and oxygen atoms in total. The Hall–Kier alpha value is -6.42. The van der Waals surface area contributed by atoms with Gasteiger partial charge in [-0.05, 0) is 140 Å². The number of nitrogens with zero attached hydrogens (tertiary/aromatic N) is 1. The van der Waals surface area contributed by atoms with Crippen molar-refractivity contribution in [1.82, 2.24) is 10.2 Å². The van der Waals surface area contributed by atoms with Crippen LogP contribution in [-0.2, 0) is 36.6 Å². The number of alkyl carbamates (subject to hydrolysis) is 1. The van der Waals surface area contributed by atoms with E-state index < -0.39 is 59.5 Å². The Morgan fingerprint density at radius 3 is 1.85 bits per heavy atom. The molecule has 1 aliphatic rings. The van der Waals surface area contributed by atoms with Crippen LogP contribution in [0.4, 0.5) is 37.6 Å². The predicted molar refractivity (Wildman–Crippen MR) is 241 cm³/mol. The lowest BCUT2D eigenvalue weighted by Crippen LogP contribution is -2.59.